The van der Waals surface area contributed by atoms with Crippen LogP contribution in [0.3, 0.4) is 0 Å². The number of hydrogen-bond acceptors (Lipinski definition) is 1. The highest BCUT2D eigenvalue weighted by atomic mass is 15.1. The van der Waals surface area contributed by atoms with Crippen LogP contribution in [0.1, 0.15) is 57.9 Å². The third kappa shape index (κ3) is 6.66. The molecule has 0 fully saturated rings. The molecule has 1 unspecified atom stereocenters. The standard InChI is InChI=1S/C18H31N/c1-5-6-7-8-9-10-16(2)15-17-11-13-18(14-12-17)19(3)4/h11-14,16H,5-10,15H2,1-4H3. The molecule has 0 heterocycles. The van der Waals surface area contributed by atoms with Crippen molar-refractivity contribution < 1.29 is 0 Å². The number of anilines is 1. The maximum atomic E-state index is 2.39. The first-order chi connectivity index (χ1) is 9.13. The zero-order valence-electron chi connectivity index (χ0n) is 13.3. The monoisotopic (exact) mass is 261 g/mol. The van der Waals surface area contributed by atoms with Crippen molar-refractivity contribution >= 4 is 5.69 Å². The maximum Gasteiger partial charge on any atom is 0.0361 e. The third-order valence-corrected chi connectivity index (χ3v) is 3.84. The minimum atomic E-state index is 0.812. The van der Waals surface area contributed by atoms with Gasteiger partial charge in [-0.2, -0.15) is 0 Å². The fourth-order valence-electron chi connectivity index (χ4n) is 2.53. The van der Waals surface area contributed by atoms with Crippen LogP contribution in [0.25, 0.3) is 0 Å². The summed E-state index contributed by atoms with van der Waals surface area (Å²) in [4.78, 5) is 2.15. The lowest BCUT2D eigenvalue weighted by molar-refractivity contribution is 0.483. The van der Waals surface area contributed by atoms with Gasteiger partial charge in [0.05, 0.1) is 0 Å². The molecular weight excluding hydrogens is 230 g/mol. The molecule has 1 aromatic carbocycles. The first-order valence-electron chi connectivity index (χ1n) is 7.89. The summed E-state index contributed by atoms with van der Waals surface area (Å²) in [6.07, 6.45) is 9.57. The molecule has 108 valence electrons. The predicted molar refractivity (Wildman–Crippen MR) is 87.0 cm³/mol. The van der Waals surface area contributed by atoms with Crippen LogP contribution in [0.2, 0.25) is 0 Å². The number of unbranched alkanes of at least 4 members (excludes halogenated alkanes) is 4. The van der Waals surface area contributed by atoms with Crippen LogP contribution >= 0.6 is 0 Å². The molecule has 0 aromatic heterocycles. The Labute approximate surface area is 120 Å². The van der Waals surface area contributed by atoms with Gasteiger partial charge in [-0.25, -0.2) is 0 Å². The summed E-state index contributed by atoms with van der Waals surface area (Å²) in [5, 5.41) is 0. The fourth-order valence-corrected chi connectivity index (χ4v) is 2.53. The summed E-state index contributed by atoms with van der Waals surface area (Å²) >= 11 is 0. The highest BCUT2D eigenvalue weighted by molar-refractivity contribution is 5.46. The van der Waals surface area contributed by atoms with E-state index in [1.807, 2.05) is 0 Å². The molecule has 0 N–H and O–H groups in total. The minimum Gasteiger partial charge on any atom is -0.378 e. The van der Waals surface area contributed by atoms with Gasteiger partial charge in [0.1, 0.15) is 0 Å². The van der Waals surface area contributed by atoms with Crippen LogP contribution < -0.4 is 4.90 Å². The van der Waals surface area contributed by atoms with Gasteiger partial charge in [-0.15, -0.1) is 0 Å². The Bertz CT molecular complexity index is 326. The second kappa shape index (κ2) is 9.01. The Morgan fingerprint density at radius 3 is 2.16 bits per heavy atom. The summed E-state index contributed by atoms with van der Waals surface area (Å²) < 4.78 is 0. The van der Waals surface area contributed by atoms with Crippen LogP contribution in [0.4, 0.5) is 5.69 Å². The van der Waals surface area contributed by atoms with Crippen LogP contribution in [-0.2, 0) is 6.42 Å². The van der Waals surface area contributed by atoms with E-state index in [1.54, 1.807) is 0 Å². The van der Waals surface area contributed by atoms with Gasteiger partial charge in [0.15, 0.2) is 0 Å². The summed E-state index contributed by atoms with van der Waals surface area (Å²) in [5.74, 6) is 0.812. The van der Waals surface area contributed by atoms with E-state index in [0.29, 0.717) is 0 Å². The van der Waals surface area contributed by atoms with Crippen molar-refractivity contribution in [3.8, 4) is 0 Å². The van der Waals surface area contributed by atoms with Crippen molar-refractivity contribution in [3.05, 3.63) is 29.8 Å². The van der Waals surface area contributed by atoms with Gasteiger partial charge < -0.3 is 4.90 Å². The van der Waals surface area contributed by atoms with Crippen molar-refractivity contribution in [2.75, 3.05) is 19.0 Å². The largest absolute Gasteiger partial charge is 0.378 e. The van der Waals surface area contributed by atoms with Crippen molar-refractivity contribution in [2.45, 2.75) is 58.8 Å². The van der Waals surface area contributed by atoms with Gasteiger partial charge in [0.25, 0.3) is 0 Å². The molecule has 0 bridgehead atoms. The molecule has 1 atom stereocenters. The molecule has 19 heavy (non-hydrogen) atoms. The molecule has 0 aliphatic rings. The van der Waals surface area contributed by atoms with E-state index in [-0.39, 0.29) is 0 Å². The maximum absolute atomic E-state index is 2.39. The molecule has 0 amide bonds. The van der Waals surface area contributed by atoms with Gasteiger partial charge in [-0.05, 0) is 30.0 Å². The van der Waals surface area contributed by atoms with Crippen molar-refractivity contribution in [2.24, 2.45) is 5.92 Å². The van der Waals surface area contributed by atoms with Crippen LogP contribution in [0, 0.1) is 5.92 Å². The average molecular weight is 261 g/mol. The predicted octanol–water partition coefficient (Wildman–Crippen LogP) is 5.29. The lowest BCUT2D eigenvalue weighted by Gasteiger charge is -2.14. The molecule has 0 aliphatic carbocycles. The molecular formula is C18H31N. The zero-order chi connectivity index (χ0) is 14.1. The van der Waals surface area contributed by atoms with Crippen LogP contribution in [0.5, 0.6) is 0 Å². The van der Waals surface area contributed by atoms with Crippen LogP contribution in [0.15, 0.2) is 24.3 Å². The van der Waals surface area contributed by atoms with E-state index < -0.39 is 0 Å². The van der Waals surface area contributed by atoms with Gasteiger partial charge in [0.2, 0.25) is 0 Å². The lowest BCUT2D eigenvalue weighted by atomic mass is 9.95. The van der Waals surface area contributed by atoms with Gasteiger partial charge in [-0.1, -0.05) is 64.5 Å². The first-order valence-corrected chi connectivity index (χ1v) is 7.89. The molecule has 1 rings (SSSR count). The van der Waals surface area contributed by atoms with Gasteiger partial charge in [0, 0.05) is 19.8 Å². The Hall–Kier alpha value is -0.980. The number of hydrogen-bond donors (Lipinski definition) is 0. The van der Waals surface area contributed by atoms with Crippen molar-refractivity contribution in [1.29, 1.82) is 0 Å². The second-order valence-electron chi connectivity index (χ2n) is 6.07. The normalized spacial score (nSPS) is 12.4. The van der Waals surface area contributed by atoms with Gasteiger partial charge >= 0.3 is 0 Å². The number of benzene rings is 1. The van der Waals surface area contributed by atoms with Crippen LogP contribution in [-0.4, -0.2) is 14.1 Å². The molecule has 0 saturated carbocycles. The van der Waals surface area contributed by atoms with E-state index in [4.69, 9.17) is 0 Å². The second-order valence-corrected chi connectivity index (χ2v) is 6.07. The number of rotatable bonds is 9. The zero-order valence-corrected chi connectivity index (χ0v) is 13.3. The summed E-state index contributed by atoms with van der Waals surface area (Å²) in [6, 6.07) is 9.01. The quantitative estimate of drug-likeness (QED) is 0.546. The van der Waals surface area contributed by atoms with E-state index in [2.05, 4.69) is 57.1 Å². The molecule has 1 nitrogen and oxygen atoms in total. The smallest absolute Gasteiger partial charge is 0.0361 e. The average Bonchev–Trinajstić information content (AvgIpc) is 2.39. The lowest BCUT2D eigenvalue weighted by Crippen LogP contribution is -2.08. The van der Waals surface area contributed by atoms with E-state index in [1.165, 1.54) is 56.2 Å². The highest BCUT2D eigenvalue weighted by Crippen LogP contribution is 2.18. The third-order valence-electron chi connectivity index (χ3n) is 3.84. The molecule has 0 spiro atoms. The Morgan fingerprint density at radius 2 is 1.58 bits per heavy atom. The first kappa shape index (κ1) is 16.1. The van der Waals surface area contributed by atoms with Crippen molar-refractivity contribution in [1.82, 2.24) is 0 Å². The topological polar surface area (TPSA) is 3.24 Å². The number of nitrogens with zero attached hydrogens (tertiary/aromatic N) is 1. The molecule has 1 aromatic rings. The summed E-state index contributed by atoms with van der Waals surface area (Å²) in [7, 11) is 4.18. The van der Waals surface area contributed by atoms with E-state index >= 15 is 0 Å². The summed E-state index contributed by atoms with van der Waals surface area (Å²) in [5.41, 5.74) is 2.77. The minimum absolute atomic E-state index is 0.812. The molecule has 0 aliphatic heterocycles. The van der Waals surface area contributed by atoms with E-state index in [0.717, 1.165) is 5.92 Å². The highest BCUT2D eigenvalue weighted by Gasteiger charge is 2.04. The summed E-state index contributed by atoms with van der Waals surface area (Å²) in [6.45, 7) is 4.67. The van der Waals surface area contributed by atoms with Crippen molar-refractivity contribution in [3.63, 3.8) is 0 Å². The SMILES string of the molecule is CCCCCCCC(C)Cc1ccc(N(C)C)cc1. The van der Waals surface area contributed by atoms with Gasteiger partial charge in [-0.3, -0.25) is 0 Å². The Kier molecular flexibility index (Phi) is 7.62. The molecule has 1 heteroatoms. The molecule has 0 radical (unpaired) electrons. The fraction of sp³-hybridized carbons (Fsp3) is 0.667. The molecule has 0 saturated heterocycles. The van der Waals surface area contributed by atoms with E-state index in [9.17, 15) is 0 Å². The Balaban J connectivity index is 2.26. The Morgan fingerprint density at radius 1 is 0.947 bits per heavy atom.